The highest BCUT2D eigenvalue weighted by Gasteiger charge is 2.16. The molecule has 1 saturated heterocycles. The van der Waals surface area contributed by atoms with Gasteiger partial charge in [-0.3, -0.25) is 9.59 Å². The fourth-order valence-corrected chi connectivity index (χ4v) is 7.58. The molecule has 2 amide bonds. The summed E-state index contributed by atoms with van der Waals surface area (Å²) < 4.78 is 0. The summed E-state index contributed by atoms with van der Waals surface area (Å²) in [7, 11) is 3.95. The van der Waals surface area contributed by atoms with Crippen LogP contribution in [0.25, 0.3) is 0 Å². The zero-order chi connectivity index (χ0) is 25.9. The Bertz CT molecular complexity index is 1170. The van der Waals surface area contributed by atoms with Crippen LogP contribution in [0.3, 0.4) is 0 Å². The summed E-state index contributed by atoms with van der Waals surface area (Å²) in [6.07, 6.45) is 5.72. The molecule has 1 atom stereocenters. The molecule has 0 spiro atoms. The maximum absolute atomic E-state index is 12.5. The number of amidine groups is 1. The highest BCUT2D eigenvalue weighted by molar-refractivity contribution is 8.77. The molecule has 3 aromatic rings. The van der Waals surface area contributed by atoms with Gasteiger partial charge in [-0.25, -0.2) is 4.99 Å². The second-order valence-electron chi connectivity index (χ2n) is 8.85. The Morgan fingerprint density at radius 3 is 2.54 bits per heavy atom. The molecule has 6 nitrogen and oxygen atoms in total. The van der Waals surface area contributed by atoms with E-state index in [1.54, 1.807) is 35.6 Å². The summed E-state index contributed by atoms with van der Waals surface area (Å²) in [5, 5.41) is 8.61. The van der Waals surface area contributed by atoms with E-state index in [4.69, 9.17) is 5.73 Å². The van der Waals surface area contributed by atoms with Gasteiger partial charge in [0.1, 0.15) is 5.84 Å². The summed E-state index contributed by atoms with van der Waals surface area (Å²) in [4.78, 5) is 30.1. The smallest absolute Gasteiger partial charge is 0.251 e. The van der Waals surface area contributed by atoms with Gasteiger partial charge in [-0.05, 0) is 79.1 Å². The summed E-state index contributed by atoms with van der Waals surface area (Å²) in [6.45, 7) is 0.523. The highest BCUT2D eigenvalue weighted by Crippen LogP contribution is 2.39. The molecule has 1 aliphatic rings. The first-order valence-corrected chi connectivity index (χ1v) is 15.8. The number of amides is 2. The molecule has 1 fully saturated rings. The van der Waals surface area contributed by atoms with Crippen molar-refractivity contribution in [2.45, 2.75) is 43.8 Å². The monoisotopic (exact) mass is 552 g/mol. The maximum atomic E-state index is 12.5. The Hall–Kier alpha value is -2.75. The van der Waals surface area contributed by atoms with Crippen molar-refractivity contribution in [1.82, 2.24) is 5.32 Å². The predicted molar refractivity (Wildman–Crippen MR) is 159 cm³/mol. The fraction of sp³-hybridized carbons (Fsp3) is 0.321. The van der Waals surface area contributed by atoms with Crippen LogP contribution in [0.5, 0.6) is 0 Å². The number of carbonyl (C=O) groups excluding carboxylic acids is 2. The van der Waals surface area contributed by atoms with Crippen molar-refractivity contribution in [3.05, 3.63) is 82.0 Å². The van der Waals surface area contributed by atoms with Crippen LogP contribution >= 0.6 is 32.9 Å². The van der Waals surface area contributed by atoms with Crippen LogP contribution in [-0.2, 0) is 11.2 Å². The normalized spacial score (nSPS) is 15.5. The van der Waals surface area contributed by atoms with Crippen molar-refractivity contribution in [3.63, 3.8) is 0 Å². The number of anilines is 1. The van der Waals surface area contributed by atoms with Crippen molar-refractivity contribution in [2.75, 3.05) is 17.6 Å². The standard InChI is InChI=1S/C28H32N4O2S3/c29-27(25-5-3-18-35-25)32-23-11-7-20(8-12-23)15-17-30-28(34)21-9-13-22(14-10-21)31-26(33)6-2-1-4-24-16-19-36-37-24/h3,5,7-14,18,24H,1-2,4,6,15-17,19H2,(H2,29,32)(H,30,34)(H,31,33). The van der Waals surface area contributed by atoms with Gasteiger partial charge in [-0.1, -0.05) is 46.2 Å². The lowest BCUT2D eigenvalue weighted by atomic mass is 10.1. The molecule has 194 valence electrons. The van der Waals surface area contributed by atoms with Gasteiger partial charge in [0.15, 0.2) is 0 Å². The van der Waals surface area contributed by atoms with E-state index in [1.165, 1.54) is 18.6 Å². The van der Waals surface area contributed by atoms with E-state index in [0.29, 0.717) is 36.5 Å². The van der Waals surface area contributed by atoms with Gasteiger partial charge in [0.25, 0.3) is 5.91 Å². The lowest BCUT2D eigenvalue weighted by Crippen LogP contribution is -2.25. The number of nitrogens with one attached hydrogen (secondary N) is 2. The van der Waals surface area contributed by atoms with Gasteiger partial charge in [-0.2, -0.15) is 0 Å². The second-order valence-corrected chi connectivity index (χ2v) is 12.6. The van der Waals surface area contributed by atoms with Gasteiger partial charge < -0.3 is 16.4 Å². The Labute approximate surface area is 230 Å². The van der Waals surface area contributed by atoms with Crippen LogP contribution < -0.4 is 16.4 Å². The minimum Gasteiger partial charge on any atom is -0.383 e. The van der Waals surface area contributed by atoms with E-state index in [-0.39, 0.29) is 11.8 Å². The van der Waals surface area contributed by atoms with Gasteiger partial charge in [0.05, 0.1) is 10.6 Å². The number of aliphatic imine (C=N–C) groups is 1. The third kappa shape index (κ3) is 8.94. The third-order valence-electron chi connectivity index (χ3n) is 6.00. The van der Waals surface area contributed by atoms with Crippen LogP contribution in [-0.4, -0.2) is 35.2 Å². The molecule has 1 unspecified atom stereocenters. The largest absolute Gasteiger partial charge is 0.383 e. The number of carbonyl (C=O) groups is 2. The molecule has 9 heteroatoms. The van der Waals surface area contributed by atoms with Crippen molar-refractivity contribution < 1.29 is 9.59 Å². The van der Waals surface area contributed by atoms with E-state index in [2.05, 4.69) is 15.6 Å². The van der Waals surface area contributed by atoms with E-state index in [0.717, 1.165) is 34.2 Å². The first-order valence-electron chi connectivity index (χ1n) is 12.5. The summed E-state index contributed by atoms with van der Waals surface area (Å²) >= 11 is 1.56. The van der Waals surface area contributed by atoms with Crippen LogP contribution in [0.15, 0.2) is 71.0 Å². The number of nitrogens with zero attached hydrogens (tertiary/aromatic N) is 1. The molecule has 0 radical (unpaired) electrons. The minimum absolute atomic E-state index is 0.0246. The van der Waals surface area contributed by atoms with Crippen LogP contribution in [0.4, 0.5) is 11.4 Å². The van der Waals surface area contributed by atoms with Gasteiger partial charge in [0, 0.05) is 35.2 Å². The van der Waals surface area contributed by atoms with Gasteiger partial charge in [0.2, 0.25) is 5.91 Å². The zero-order valence-electron chi connectivity index (χ0n) is 20.7. The SMILES string of the molecule is NC(=Nc1ccc(CCNC(=O)c2ccc(NC(=O)CCCCC3CCSS3)cc2)cc1)c1cccs1. The molecule has 1 aromatic heterocycles. The molecule has 0 aliphatic carbocycles. The van der Waals surface area contributed by atoms with E-state index >= 15 is 0 Å². The van der Waals surface area contributed by atoms with Crippen LogP contribution in [0, 0.1) is 0 Å². The van der Waals surface area contributed by atoms with E-state index < -0.39 is 0 Å². The molecule has 2 heterocycles. The number of hydrogen-bond donors (Lipinski definition) is 3. The Balaban J connectivity index is 1.15. The Kier molecular flexibility index (Phi) is 10.5. The third-order valence-corrected chi connectivity index (χ3v) is 9.90. The number of rotatable bonds is 12. The minimum atomic E-state index is -0.134. The summed E-state index contributed by atoms with van der Waals surface area (Å²) in [5.41, 5.74) is 9.23. The van der Waals surface area contributed by atoms with Crippen molar-refractivity contribution in [1.29, 1.82) is 0 Å². The number of unbranched alkanes of at least 4 members (excludes halogenated alkanes) is 1. The lowest BCUT2D eigenvalue weighted by molar-refractivity contribution is -0.116. The van der Waals surface area contributed by atoms with Crippen molar-refractivity contribution in [3.8, 4) is 0 Å². The number of hydrogen-bond acceptors (Lipinski definition) is 6. The van der Waals surface area contributed by atoms with Crippen LogP contribution in [0.1, 0.15) is 52.9 Å². The first kappa shape index (κ1) is 27.3. The lowest BCUT2D eigenvalue weighted by Gasteiger charge is -2.09. The van der Waals surface area contributed by atoms with Crippen molar-refractivity contribution in [2.24, 2.45) is 10.7 Å². The fourth-order valence-electron chi connectivity index (χ4n) is 3.93. The molecule has 0 saturated carbocycles. The molecule has 37 heavy (non-hydrogen) atoms. The molecule has 1 aliphatic heterocycles. The van der Waals surface area contributed by atoms with E-state index in [9.17, 15) is 9.59 Å². The molecule has 2 aromatic carbocycles. The molecule has 4 rings (SSSR count). The molecular formula is C28H32N4O2S3. The Morgan fingerprint density at radius 2 is 1.84 bits per heavy atom. The average Bonchev–Trinajstić information content (AvgIpc) is 3.63. The Morgan fingerprint density at radius 1 is 1.03 bits per heavy atom. The number of benzene rings is 2. The van der Waals surface area contributed by atoms with Crippen LogP contribution in [0.2, 0.25) is 0 Å². The molecule has 4 N–H and O–H groups in total. The summed E-state index contributed by atoms with van der Waals surface area (Å²) in [6, 6.07) is 18.8. The van der Waals surface area contributed by atoms with Gasteiger partial charge in [-0.15, -0.1) is 11.3 Å². The van der Waals surface area contributed by atoms with Gasteiger partial charge >= 0.3 is 0 Å². The summed E-state index contributed by atoms with van der Waals surface area (Å²) in [5.74, 6) is 1.65. The molecule has 0 bridgehead atoms. The van der Waals surface area contributed by atoms with Crippen molar-refractivity contribution >= 4 is 61.9 Å². The second kappa shape index (κ2) is 14.3. The van der Waals surface area contributed by atoms with E-state index in [1.807, 2.05) is 63.4 Å². The predicted octanol–water partition coefficient (Wildman–Crippen LogP) is 6.41. The topological polar surface area (TPSA) is 96.6 Å². The maximum Gasteiger partial charge on any atom is 0.251 e. The number of thiophene rings is 1. The average molecular weight is 553 g/mol. The quantitative estimate of drug-likeness (QED) is 0.104. The molecular weight excluding hydrogens is 521 g/mol. The number of nitrogens with two attached hydrogens (primary N) is 1. The highest BCUT2D eigenvalue weighted by atomic mass is 33.1. The first-order chi connectivity index (χ1) is 18.1. The zero-order valence-corrected chi connectivity index (χ0v) is 23.1.